The fourth-order valence-corrected chi connectivity index (χ4v) is 3.22. The Hall–Kier alpha value is -3.67. The SMILES string of the molecule is Cc1nn(-c2ccccc2)c(C)c1NC(=O)c1cc(=O)[nH]c2ccccc12. The number of aromatic nitrogens is 3. The molecule has 2 N–H and O–H groups in total. The van der Waals surface area contributed by atoms with Gasteiger partial charge < -0.3 is 10.3 Å². The second-order valence-electron chi connectivity index (χ2n) is 6.34. The maximum Gasteiger partial charge on any atom is 0.256 e. The van der Waals surface area contributed by atoms with Crippen LogP contribution in [-0.2, 0) is 0 Å². The summed E-state index contributed by atoms with van der Waals surface area (Å²) in [4.78, 5) is 27.6. The molecule has 4 rings (SSSR count). The van der Waals surface area contributed by atoms with E-state index in [9.17, 15) is 9.59 Å². The van der Waals surface area contributed by atoms with Gasteiger partial charge in [-0.15, -0.1) is 0 Å². The van der Waals surface area contributed by atoms with Crippen molar-refractivity contribution in [2.45, 2.75) is 13.8 Å². The number of carbonyl (C=O) groups excluding carboxylic acids is 1. The summed E-state index contributed by atoms with van der Waals surface area (Å²) in [5.41, 5.74) is 3.74. The number of nitrogens with one attached hydrogen (secondary N) is 2. The van der Waals surface area contributed by atoms with Crippen molar-refractivity contribution in [3.63, 3.8) is 0 Å². The third-order valence-electron chi connectivity index (χ3n) is 4.53. The number of carbonyl (C=O) groups is 1. The van der Waals surface area contributed by atoms with Gasteiger partial charge in [-0.05, 0) is 32.0 Å². The van der Waals surface area contributed by atoms with E-state index in [1.54, 1.807) is 10.7 Å². The van der Waals surface area contributed by atoms with Crippen LogP contribution in [0, 0.1) is 13.8 Å². The second-order valence-corrected chi connectivity index (χ2v) is 6.34. The summed E-state index contributed by atoms with van der Waals surface area (Å²) in [7, 11) is 0. The van der Waals surface area contributed by atoms with Crippen LogP contribution in [-0.4, -0.2) is 20.7 Å². The maximum atomic E-state index is 12.9. The van der Waals surface area contributed by atoms with E-state index in [0.29, 0.717) is 27.8 Å². The molecule has 0 aliphatic rings. The Balaban J connectivity index is 1.75. The van der Waals surface area contributed by atoms with Gasteiger partial charge in [0.05, 0.1) is 28.3 Å². The predicted molar refractivity (Wildman–Crippen MR) is 106 cm³/mol. The highest BCUT2D eigenvalue weighted by Crippen LogP contribution is 2.24. The molecule has 6 heteroatoms. The summed E-state index contributed by atoms with van der Waals surface area (Å²) in [6.45, 7) is 3.75. The Kier molecular flexibility index (Phi) is 4.08. The maximum absolute atomic E-state index is 12.9. The topological polar surface area (TPSA) is 79.8 Å². The molecule has 4 aromatic rings. The Morgan fingerprint density at radius 1 is 1.04 bits per heavy atom. The van der Waals surface area contributed by atoms with Crippen LogP contribution in [0.5, 0.6) is 0 Å². The van der Waals surface area contributed by atoms with Crippen molar-refractivity contribution in [3.05, 3.63) is 88.0 Å². The minimum Gasteiger partial charge on any atom is -0.322 e. The van der Waals surface area contributed by atoms with E-state index in [2.05, 4.69) is 15.4 Å². The fourth-order valence-electron chi connectivity index (χ4n) is 3.22. The standard InChI is InChI=1S/C21H18N4O2/c1-13-20(14(2)25(24-13)15-8-4-3-5-9-15)23-21(27)17-12-19(26)22-18-11-7-6-10-16(17)18/h3-12H,1-2H3,(H,22,26)(H,23,27). The zero-order valence-electron chi connectivity index (χ0n) is 15.0. The van der Waals surface area contributed by atoms with Gasteiger partial charge in [-0.1, -0.05) is 36.4 Å². The Morgan fingerprint density at radius 3 is 2.52 bits per heavy atom. The first-order valence-electron chi connectivity index (χ1n) is 8.59. The summed E-state index contributed by atoms with van der Waals surface area (Å²) < 4.78 is 1.79. The van der Waals surface area contributed by atoms with Gasteiger partial charge in [-0.25, -0.2) is 4.68 Å². The van der Waals surface area contributed by atoms with Crippen molar-refractivity contribution < 1.29 is 4.79 Å². The number of aryl methyl sites for hydroxylation is 1. The van der Waals surface area contributed by atoms with E-state index in [0.717, 1.165) is 11.4 Å². The third-order valence-corrected chi connectivity index (χ3v) is 4.53. The number of para-hydroxylation sites is 2. The molecule has 0 radical (unpaired) electrons. The summed E-state index contributed by atoms with van der Waals surface area (Å²) in [6.07, 6.45) is 0. The molecule has 0 aliphatic carbocycles. The van der Waals surface area contributed by atoms with Gasteiger partial charge in [0.1, 0.15) is 0 Å². The lowest BCUT2D eigenvalue weighted by molar-refractivity contribution is 0.102. The average molecular weight is 358 g/mol. The van der Waals surface area contributed by atoms with Crippen molar-refractivity contribution in [2.24, 2.45) is 0 Å². The summed E-state index contributed by atoms with van der Waals surface area (Å²) in [6, 6.07) is 18.3. The average Bonchev–Trinajstić information content (AvgIpc) is 2.96. The summed E-state index contributed by atoms with van der Waals surface area (Å²) in [5.74, 6) is -0.337. The quantitative estimate of drug-likeness (QED) is 0.587. The molecule has 0 unspecified atom stereocenters. The smallest absolute Gasteiger partial charge is 0.256 e. The predicted octanol–water partition coefficient (Wildman–Crippen LogP) is 3.58. The number of anilines is 1. The minimum atomic E-state index is -0.337. The van der Waals surface area contributed by atoms with Crippen molar-refractivity contribution in [1.82, 2.24) is 14.8 Å². The number of H-pyrrole nitrogens is 1. The van der Waals surface area contributed by atoms with E-state index in [4.69, 9.17) is 0 Å². The number of hydrogen-bond acceptors (Lipinski definition) is 3. The lowest BCUT2D eigenvalue weighted by atomic mass is 10.1. The van der Waals surface area contributed by atoms with Crippen LogP contribution < -0.4 is 10.9 Å². The lowest BCUT2D eigenvalue weighted by Gasteiger charge is -2.09. The van der Waals surface area contributed by atoms with Crippen LogP contribution in [0.15, 0.2) is 65.5 Å². The van der Waals surface area contributed by atoms with Gasteiger partial charge in [-0.2, -0.15) is 5.10 Å². The number of hydrogen-bond donors (Lipinski definition) is 2. The van der Waals surface area contributed by atoms with Crippen molar-refractivity contribution >= 4 is 22.5 Å². The van der Waals surface area contributed by atoms with E-state index in [1.165, 1.54) is 6.07 Å². The first kappa shape index (κ1) is 16.8. The van der Waals surface area contributed by atoms with Crippen LogP contribution in [0.2, 0.25) is 0 Å². The highest BCUT2D eigenvalue weighted by molar-refractivity contribution is 6.12. The molecule has 2 aromatic heterocycles. The summed E-state index contributed by atoms with van der Waals surface area (Å²) >= 11 is 0. The first-order chi connectivity index (χ1) is 13.0. The fraction of sp³-hybridized carbons (Fsp3) is 0.0952. The number of nitrogens with zero attached hydrogens (tertiary/aromatic N) is 2. The molecule has 2 heterocycles. The Morgan fingerprint density at radius 2 is 1.74 bits per heavy atom. The lowest BCUT2D eigenvalue weighted by Crippen LogP contribution is -2.17. The number of aromatic amines is 1. The zero-order chi connectivity index (χ0) is 19.0. The van der Waals surface area contributed by atoms with E-state index < -0.39 is 0 Å². The van der Waals surface area contributed by atoms with Crippen LogP contribution in [0.25, 0.3) is 16.6 Å². The molecule has 0 spiro atoms. The summed E-state index contributed by atoms with van der Waals surface area (Å²) in [5, 5.41) is 8.17. The van der Waals surface area contributed by atoms with E-state index in [-0.39, 0.29) is 11.5 Å². The highest BCUT2D eigenvalue weighted by Gasteiger charge is 2.18. The molecule has 27 heavy (non-hydrogen) atoms. The molecule has 0 aliphatic heterocycles. The number of fused-ring (bicyclic) bond motifs is 1. The monoisotopic (exact) mass is 358 g/mol. The van der Waals surface area contributed by atoms with E-state index >= 15 is 0 Å². The van der Waals surface area contributed by atoms with Crippen LogP contribution >= 0.6 is 0 Å². The van der Waals surface area contributed by atoms with Crippen molar-refractivity contribution in [1.29, 1.82) is 0 Å². The van der Waals surface area contributed by atoms with Crippen LogP contribution in [0.1, 0.15) is 21.7 Å². The largest absolute Gasteiger partial charge is 0.322 e. The highest BCUT2D eigenvalue weighted by atomic mass is 16.2. The molecular formula is C21H18N4O2. The molecule has 134 valence electrons. The van der Waals surface area contributed by atoms with Crippen LogP contribution in [0.3, 0.4) is 0 Å². The molecule has 1 amide bonds. The molecule has 0 bridgehead atoms. The van der Waals surface area contributed by atoms with Gasteiger partial charge in [0.25, 0.3) is 5.91 Å². The van der Waals surface area contributed by atoms with Gasteiger partial charge in [0, 0.05) is 17.0 Å². The minimum absolute atomic E-state index is 0.313. The Labute approximate surface area is 155 Å². The molecule has 0 saturated heterocycles. The van der Waals surface area contributed by atoms with Gasteiger partial charge in [-0.3, -0.25) is 9.59 Å². The first-order valence-corrected chi connectivity index (χ1v) is 8.59. The number of benzene rings is 2. The molecule has 2 aromatic carbocycles. The second kappa shape index (κ2) is 6.57. The van der Waals surface area contributed by atoms with Crippen molar-refractivity contribution in [3.8, 4) is 5.69 Å². The van der Waals surface area contributed by atoms with E-state index in [1.807, 2.05) is 62.4 Å². The molecule has 0 atom stereocenters. The molecule has 0 saturated carbocycles. The molecular weight excluding hydrogens is 340 g/mol. The third kappa shape index (κ3) is 3.01. The Bertz CT molecular complexity index is 1210. The zero-order valence-corrected chi connectivity index (χ0v) is 15.0. The number of amides is 1. The molecule has 0 fully saturated rings. The molecule has 6 nitrogen and oxygen atoms in total. The van der Waals surface area contributed by atoms with Gasteiger partial charge >= 0.3 is 0 Å². The number of rotatable bonds is 3. The number of pyridine rings is 1. The van der Waals surface area contributed by atoms with Gasteiger partial charge in [0.15, 0.2) is 0 Å². The van der Waals surface area contributed by atoms with Gasteiger partial charge in [0.2, 0.25) is 5.56 Å². The normalized spacial score (nSPS) is 10.9. The van der Waals surface area contributed by atoms with Crippen molar-refractivity contribution in [2.75, 3.05) is 5.32 Å². The van der Waals surface area contributed by atoms with Crippen LogP contribution in [0.4, 0.5) is 5.69 Å².